The summed E-state index contributed by atoms with van der Waals surface area (Å²) in [5, 5.41) is 0. The number of rotatable bonds is 4. The van der Waals surface area contributed by atoms with Gasteiger partial charge in [-0.2, -0.15) is 0 Å². The average Bonchev–Trinajstić information content (AvgIpc) is 2.61. The molecule has 1 saturated heterocycles. The van der Waals surface area contributed by atoms with Crippen LogP contribution in [0.5, 0.6) is 5.75 Å². The van der Waals surface area contributed by atoms with Gasteiger partial charge in [-0.1, -0.05) is 46.3 Å². The van der Waals surface area contributed by atoms with Crippen molar-refractivity contribution in [3.05, 3.63) is 64.6 Å². The SMILES string of the molecule is O=C(COc1ccccc1)N1CCOC(c2cccc(Br)c2)C1. The van der Waals surface area contributed by atoms with Crippen molar-refractivity contribution in [3.8, 4) is 5.75 Å². The monoisotopic (exact) mass is 375 g/mol. The maximum Gasteiger partial charge on any atom is 0.260 e. The van der Waals surface area contributed by atoms with E-state index in [-0.39, 0.29) is 18.6 Å². The quantitative estimate of drug-likeness (QED) is 0.821. The lowest BCUT2D eigenvalue weighted by molar-refractivity contribution is -0.141. The highest BCUT2D eigenvalue weighted by atomic mass is 79.9. The molecule has 0 aliphatic carbocycles. The van der Waals surface area contributed by atoms with Crippen LogP contribution in [0.2, 0.25) is 0 Å². The number of halogens is 1. The van der Waals surface area contributed by atoms with E-state index in [0.29, 0.717) is 25.4 Å². The van der Waals surface area contributed by atoms with E-state index in [9.17, 15) is 4.79 Å². The Bertz CT molecular complexity index is 662. The zero-order chi connectivity index (χ0) is 16.1. The molecular weight excluding hydrogens is 358 g/mol. The van der Waals surface area contributed by atoms with Crippen molar-refractivity contribution in [2.45, 2.75) is 6.10 Å². The second-order valence-electron chi connectivity index (χ2n) is 5.36. The molecule has 23 heavy (non-hydrogen) atoms. The third-order valence-electron chi connectivity index (χ3n) is 3.75. The summed E-state index contributed by atoms with van der Waals surface area (Å²) in [6, 6.07) is 17.4. The summed E-state index contributed by atoms with van der Waals surface area (Å²) < 4.78 is 12.4. The Balaban J connectivity index is 1.58. The van der Waals surface area contributed by atoms with Crippen LogP contribution in [-0.4, -0.2) is 37.1 Å². The van der Waals surface area contributed by atoms with Gasteiger partial charge in [-0.25, -0.2) is 0 Å². The summed E-state index contributed by atoms with van der Waals surface area (Å²) in [7, 11) is 0. The number of carbonyl (C=O) groups is 1. The van der Waals surface area contributed by atoms with E-state index < -0.39 is 0 Å². The molecule has 1 aliphatic rings. The molecule has 2 aromatic carbocycles. The van der Waals surface area contributed by atoms with E-state index >= 15 is 0 Å². The van der Waals surface area contributed by atoms with Crippen LogP contribution < -0.4 is 4.74 Å². The molecule has 1 heterocycles. The van der Waals surface area contributed by atoms with Crippen LogP contribution in [-0.2, 0) is 9.53 Å². The van der Waals surface area contributed by atoms with Gasteiger partial charge in [-0.15, -0.1) is 0 Å². The number of amides is 1. The number of hydrogen-bond donors (Lipinski definition) is 0. The molecule has 1 atom stereocenters. The zero-order valence-corrected chi connectivity index (χ0v) is 14.2. The van der Waals surface area contributed by atoms with Gasteiger partial charge in [0.1, 0.15) is 11.9 Å². The molecule has 3 rings (SSSR count). The molecule has 0 saturated carbocycles. The van der Waals surface area contributed by atoms with Crippen molar-refractivity contribution in [3.63, 3.8) is 0 Å². The van der Waals surface area contributed by atoms with Crippen LogP contribution in [0.1, 0.15) is 11.7 Å². The highest BCUT2D eigenvalue weighted by molar-refractivity contribution is 9.10. The van der Waals surface area contributed by atoms with Gasteiger partial charge in [-0.3, -0.25) is 4.79 Å². The number of nitrogens with zero attached hydrogens (tertiary/aromatic N) is 1. The maximum absolute atomic E-state index is 12.4. The molecule has 0 bridgehead atoms. The number of carbonyl (C=O) groups excluding carboxylic acids is 1. The van der Waals surface area contributed by atoms with Gasteiger partial charge in [0, 0.05) is 11.0 Å². The molecule has 4 nitrogen and oxygen atoms in total. The first-order valence-electron chi connectivity index (χ1n) is 7.55. The van der Waals surface area contributed by atoms with Crippen LogP contribution in [0, 0.1) is 0 Å². The summed E-state index contributed by atoms with van der Waals surface area (Å²) in [5.74, 6) is 0.690. The van der Waals surface area contributed by atoms with Crippen LogP contribution in [0.3, 0.4) is 0 Å². The minimum Gasteiger partial charge on any atom is -0.484 e. The average molecular weight is 376 g/mol. The number of benzene rings is 2. The Labute approximate surface area is 144 Å². The number of morpholine rings is 1. The van der Waals surface area contributed by atoms with E-state index in [2.05, 4.69) is 15.9 Å². The molecule has 0 N–H and O–H groups in total. The predicted molar refractivity (Wildman–Crippen MR) is 91.4 cm³/mol. The first kappa shape index (κ1) is 16.0. The van der Waals surface area contributed by atoms with E-state index in [0.717, 1.165) is 10.0 Å². The molecule has 0 radical (unpaired) electrons. The van der Waals surface area contributed by atoms with Gasteiger partial charge in [-0.05, 0) is 29.8 Å². The molecule has 0 spiro atoms. The molecule has 1 fully saturated rings. The van der Waals surface area contributed by atoms with E-state index in [1.165, 1.54) is 0 Å². The summed E-state index contributed by atoms with van der Waals surface area (Å²) in [5.41, 5.74) is 1.07. The molecule has 1 aliphatic heterocycles. The Kier molecular flexibility index (Phi) is 5.31. The normalized spacial score (nSPS) is 17.8. The van der Waals surface area contributed by atoms with Gasteiger partial charge in [0.15, 0.2) is 6.61 Å². The van der Waals surface area contributed by atoms with Crippen LogP contribution in [0.4, 0.5) is 0 Å². The first-order chi connectivity index (χ1) is 11.2. The predicted octanol–water partition coefficient (Wildman–Crippen LogP) is 3.43. The van der Waals surface area contributed by atoms with E-state index in [4.69, 9.17) is 9.47 Å². The summed E-state index contributed by atoms with van der Waals surface area (Å²) >= 11 is 3.47. The Morgan fingerprint density at radius 1 is 1.22 bits per heavy atom. The summed E-state index contributed by atoms with van der Waals surface area (Å²) in [6.45, 7) is 1.73. The van der Waals surface area contributed by atoms with Crippen LogP contribution in [0.25, 0.3) is 0 Å². The lowest BCUT2D eigenvalue weighted by Crippen LogP contribution is -2.44. The Hall–Kier alpha value is -1.85. The van der Waals surface area contributed by atoms with Gasteiger partial charge in [0.05, 0.1) is 13.2 Å². The van der Waals surface area contributed by atoms with Crippen molar-refractivity contribution in [1.82, 2.24) is 4.90 Å². The third-order valence-corrected chi connectivity index (χ3v) is 4.24. The fourth-order valence-electron chi connectivity index (χ4n) is 2.54. The fraction of sp³-hybridized carbons (Fsp3) is 0.278. The first-order valence-corrected chi connectivity index (χ1v) is 8.34. The number of para-hydroxylation sites is 1. The van der Waals surface area contributed by atoms with Gasteiger partial charge < -0.3 is 14.4 Å². The second kappa shape index (κ2) is 7.62. The van der Waals surface area contributed by atoms with Crippen LogP contribution in [0.15, 0.2) is 59.1 Å². The lowest BCUT2D eigenvalue weighted by Gasteiger charge is -2.33. The summed E-state index contributed by atoms with van der Waals surface area (Å²) in [4.78, 5) is 14.2. The van der Waals surface area contributed by atoms with Crippen molar-refractivity contribution >= 4 is 21.8 Å². The highest BCUT2D eigenvalue weighted by Gasteiger charge is 2.25. The fourth-order valence-corrected chi connectivity index (χ4v) is 2.95. The standard InChI is InChI=1S/C18H18BrNO3/c19-15-6-4-5-14(11-15)17-12-20(9-10-22-17)18(21)13-23-16-7-2-1-3-8-16/h1-8,11,17H,9-10,12-13H2. The molecule has 0 aromatic heterocycles. The van der Waals surface area contributed by atoms with Crippen molar-refractivity contribution in [2.75, 3.05) is 26.3 Å². The van der Waals surface area contributed by atoms with Crippen LogP contribution >= 0.6 is 15.9 Å². The number of hydrogen-bond acceptors (Lipinski definition) is 3. The number of ether oxygens (including phenoxy) is 2. The lowest BCUT2D eigenvalue weighted by atomic mass is 10.1. The maximum atomic E-state index is 12.4. The van der Waals surface area contributed by atoms with Crippen molar-refractivity contribution in [1.29, 1.82) is 0 Å². The second-order valence-corrected chi connectivity index (χ2v) is 6.27. The largest absolute Gasteiger partial charge is 0.484 e. The minimum absolute atomic E-state index is 0.0165. The topological polar surface area (TPSA) is 38.8 Å². The minimum atomic E-state index is -0.0954. The Morgan fingerprint density at radius 3 is 2.83 bits per heavy atom. The van der Waals surface area contributed by atoms with Gasteiger partial charge in [0.2, 0.25) is 0 Å². The summed E-state index contributed by atoms with van der Waals surface area (Å²) in [6.07, 6.45) is -0.0954. The van der Waals surface area contributed by atoms with Crippen molar-refractivity contribution in [2.24, 2.45) is 0 Å². The Morgan fingerprint density at radius 2 is 2.04 bits per heavy atom. The molecule has 120 valence electrons. The molecule has 5 heteroatoms. The molecule has 2 aromatic rings. The molecule has 1 unspecified atom stereocenters. The highest BCUT2D eigenvalue weighted by Crippen LogP contribution is 2.24. The molecular formula is C18H18BrNO3. The van der Waals surface area contributed by atoms with Crippen molar-refractivity contribution < 1.29 is 14.3 Å². The third kappa shape index (κ3) is 4.33. The molecule has 1 amide bonds. The van der Waals surface area contributed by atoms with Gasteiger partial charge in [0.25, 0.3) is 5.91 Å². The zero-order valence-electron chi connectivity index (χ0n) is 12.7. The van der Waals surface area contributed by atoms with Gasteiger partial charge >= 0.3 is 0 Å². The van der Waals surface area contributed by atoms with E-state index in [1.54, 1.807) is 4.90 Å². The van der Waals surface area contributed by atoms with E-state index in [1.807, 2.05) is 54.6 Å². The smallest absolute Gasteiger partial charge is 0.260 e.